The summed E-state index contributed by atoms with van der Waals surface area (Å²) in [6.07, 6.45) is 0.781. The van der Waals surface area contributed by atoms with E-state index in [0.29, 0.717) is 13.1 Å². The third-order valence-corrected chi connectivity index (χ3v) is 4.20. The van der Waals surface area contributed by atoms with Gasteiger partial charge in [-0.25, -0.2) is 0 Å². The molecule has 0 spiro atoms. The fourth-order valence-electron chi connectivity index (χ4n) is 1.68. The van der Waals surface area contributed by atoms with Gasteiger partial charge in [-0.15, -0.1) is 11.3 Å². The first-order valence-corrected chi connectivity index (χ1v) is 6.97. The maximum absolute atomic E-state index is 12.4. The van der Waals surface area contributed by atoms with Gasteiger partial charge < -0.3 is 10.6 Å². The molecule has 0 radical (unpaired) electrons. The summed E-state index contributed by atoms with van der Waals surface area (Å²) < 4.78 is 0. The number of hydrogen-bond acceptors (Lipinski definition) is 3. The van der Waals surface area contributed by atoms with Crippen LogP contribution in [0.4, 0.5) is 0 Å². The monoisotopic (exact) mass is 254 g/mol. The van der Waals surface area contributed by atoms with Gasteiger partial charge in [-0.05, 0) is 31.7 Å². The first-order valence-electron chi connectivity index (χ1n) is 6.09. The molecule has 0 aliphatic heterocycles. The maximum atomic E-state index is 12.4. The van der Waals surface area contributed by atoms with Crippen molar-refractivity contribution in [2.75, 3.05) is 13.1 Å². The van der Waals surface area contributed by atoms with Crippen molar-refractivity contribution in [3.05, 3.63) is 22.4 Å². The molecule has 2 N–H and O–H groups in total. The predicted octanol–water partition coefficient (Wildman–Crippen LogP) is 2.47. The zero-order chi connectivity index (χ0) is 12.9. The number of thiophene rings is 1. The number of amides is 1. The third-order valence-electron chi connectivity index (χ3n) is 3.34. The van der Waals surface area contributed by atoms with E-state index < -0.39 is 5.41 Å². The fourth-order valence-corrected chi connectivity index (χ4v) is 2.40. The molecule has 17 heavy (non-hydrogen) atoms. The molecule has 1 amide bonds. The van der Waals surface area contributed by atoms with Crippen LogP contribution in [0, 0.1) is 5.41 Å². The van der Waals surface area contributed by atoms with Crippen LogP contribution in [0.25, 0.3) is 0 Å². The largest absolute Gasteiger partial charge is 0.337 e. The molecule has 0 aliphatic carbocycles. The van der Waals surface area contributed by atoms with Crippen molar-refractivity contribution in [3.8, 4) is 0 Å². The van der Waals surface area contributed by atoms with Crippen LogP contribution >= 0.6 is 11.3 Å². The summed E-state index contributed by atoms with van der Waals surface area (Å²) >= 11 is 1.68. The second-order valence-corrected chi connectivity index (χ2v) is 5.55. The molecule has 1 heterocycles. The highest BCUT2D eigenvalue weighted by Gasteiger charge is 2.33. The van der Waals surface area contributed by atoms with Gasteiger partial charge in [0.1, 0.15) is 0 Å². The zero-order valence-corrected chi connectivity index (χ0v) is 11.7. The molecular formula is C13H22N2OS. The Labute approximate surface area is 108 Å². The fraction of sp³-hybridized carbons (Fsp3) is 0.615. The normalized spacial score (nSPS) is 14.4. The summed E-state index contributed by atoms with van der Waals surface area (Å²) in [6.45, 7) is 7.81. The number of rotatable bonds is 6. The molecule has 3 nitrogen and oxygen atoms in total. The van der Waals surface area contributed by atoms with Crippen molar-refractivity contribution in [1.29, 1.82) is 0 Å². The van der Waals surface area contributed by atoms with E-state index in [0.717, 1.165) is 13.0 Å². The SMILES string of the molecule is CCN(Cc1cccs1)C(=O)C(C)(CC)CN. The molecule has 1 atom stereocenters. The molecular weight excluding hydrogens is 232 g/mol. The highest BCUT2D eigenvalue weighted by molar-refractivity contribution is 7.09. The molecule has 0 bridgehead atoms. The molecule has 4 heteroatoms. The van der Waals surface area contributed by atoms with E-state index in [1.54, 1.807) is 11.3 Å². The average molecular weight is 254 g/mol. The standard InChI is InChI=1S/C13H22N2OS/c1-4-13(3,10-14)12(16)15(5-2)9-11-7-6-8-17-11/h6-8H,4-5,9-10,14H2,1-3H3. The summed E-state index contributed by atoms with van der Waals surface area (Å²) in [4.78, 5) is 15.5. The predicted molar refractivity (Wildman–Crippen MR) is 72.9 cm³/mol. The number of carbonyl (C=O) groups excluding carboxylic acids is 1. The lowest BCUT2D eigenvalue weighted by molar-refractivity contribution is -0.141. The molecule has 1 rings (SSSR count). The van der Waals surface area contributed by atoms with Crippen molar-refractivity contribution < 1.29 is 4.79 Å². The Hall–Kier alpha value is -0.870. The zero-order valence-electron chi connectivity index (χ0n) is 10.9. The minimum absolute atomic E-state index is 0.165. The van der Waals surface area contributed by atoms with Gasteiger partial charge in [0.2, 0.25) is 5.91 Å². The van der Waals surface area contributed by atoms with Crippen LogP contribution in [-0.4, -0.2) is 23.9 Å². The first-order chi connectivity index (χ1) is 8.07. The van der Waals surface area contributed by atoms with Crippen LogP contribution in [0.15, 0.2) is 17.5 Å². The van der Waals surface area contributed by atoms with Crippen LogP contribution in [0.3, 0.4) is 0 Å². The lowest BCUT2D eigenvalue weighted by Gasteiger charge is -2.32. The van der Waals surface area contributed by atoms with Gasteiger partial charge in [-0.3, -0.25) is 4.79 Å². The van der Waals surface area contributed by atoms with E-state index in [1.165, 1.54) is 4.88 Å². The van der Waals surface area contributed by atoms with Gasteiger partial charge in [0.05, 0.1) is 12.0 Å². The van der Waals surface area contributed by atoms with Crippen molar-refractivity contribution in [2.45, 2.75) is 33.7 Å². The number of hydrogen-bond donors (Lipinski definition) is 1. The molecule has 0 aliphatic rings. The van der Waals surface area contributed by atoms with Gasteiger partial charge in [0.15, 0.2) is 0 Å². The molecule has 1 aromatic rings. The molecule has 96 valence electrons. The average Bonchev–Trinajstić information content (AvgIpc) is 2.87. The van der Waals surface area contributed by atoms with Gasteiger partial charge in [0, 0.05) is 18.0 Å². The second-order valence-electron chi connectivity index (χ2n) is 4.52. The third kappa shape index (κ3) is 3.30. The Balaban J connectivity index is 2.77. The quantitative estimate of drug-likeness (QED) is 0.847. The van der Waals surface area contributed by atoms with Crippen molar-refractivity contribution in [3.63, 3.8) is 0 Å². The van der Waals surface area contributed by atoms with Crippen LogP contribution in [0.5, 0.6) is 0 Å². The van der Waals surface area contributed by atoms with E-state index >= 15 is 0 Å². The van der Waals surface area contributed by atoms with E-state index in [4.69, 9.17) is 5.73 Å². The van der Waals surface area contributed by atoms with Crippen molar-refractivity contribution >= 4 is 17.2 Å². The van der Waals surface area contributed by atoms with Gasteiger partial charge in [-0.2, -0.15) is 0 Å². The number of nitrogens with zero attached hydrogens (tertiary/aromatic N) is 1. The Bertz CT molecular complexity index is 344. The Morgan fingerprint density at radius 1 is 1.53 bits per heavy atom. The van der Waals surface area contributed by atoms with Crippen LogP contribution < -0.4 is 5.73 Å². The van der Waals surface area contributed by atoms with Crippen LogP contribution in [0.1, 0.15) is 32.1 Å². The lowest BCUT2D eigenvalue weighted by Crippen LogP contribution is -2.45. The van der Waals surface area contributed by atoms with Crippen LogP contribution in [-0.2, 0) is 11.3 Å². The van der Waals surface area contributed by atoms with E-state index in [-0.39, 0.29) is 5.91 Å². The molecule has 1 unspecified atom stereocenters. The molecule has 0 fully saturated rings. The maximum Gasteiger partial charge on any atom is 0.230 e. The molecule has 1 aromatic heterocycles. The Kier molecular flexibility index (Phi) is 5.15. The van der Waals surface area contributed by atoms with E-state index in [2.05, 4.69) is 6.07 Å². The highest BCUT2D eigenvalue weighted by atomic mass is 32.1. The number of carbonyl (C=O) groups is 1. The molecule has 0 aromatic carbocycles. The Morgan fingerprint density at radius 2 is 2.24 bits per heavy atom. The van der Waals surface area contributed by atoms with E-state index in [9.17, 15) is 4.79 Å². The first kappa shape index (κ1) is 14.2. The molecule has 0 saturated heterocycles. The van der Waals surface area contributed by atoms with Gasteiger partial charge >= 0.3 is 0 Å². The summed E-state index contributed by atoms with van der Waals surface area (Å²) in [5.74, 6) is 0.165. The smallest absolute Gasteiger partial charge is 0.230 e. The topological polar surface area (TPSA) is 46.3 Å². The summed E-state index contributed by atoms with van der Waals surface area (Å²) in [5, 5.41) is 2.04. The van der Waals surface area contributed by atoms with Crippen molar-refractivity contribution in [2.24, 2.45) is 11.1 Å². The Morgan fingerprint density at radius 3 is 2.65 bits per heavy atom. The summed E-state index contributed by atoms with van der Waals surface area (Å²) in [5.41, 5.74) is 5.32. The number of nitrogens with two attached hydrogens (primary N) is 1. The van der Waals surface area contributed by atoms with Gasteiger partial charge in [0.25, 0.3) is 0 Å². The highest BCUT2D eigenvalue weighted by Crippen LogP contribution is 2.24. The van der Waals surface area contributed by atoms with E-state index in [1.807, 2.05) is 37.1 Å². The molecule has 0 saturated carbocycles. The van der Waals surface area contributed by atoms with Gasteiger partial charge in [-0.1, -0.05) is 13.0 Å². The summed E-state index contributed by atoms with van der Waals surface area (Å²) in [7, 11) is 0. The summed E-state index contributed by atoms with van der Waals surface area (Å²) in [6, 6.07) is 4.08. The minimum Gasteiger partial charge on any atom is -0.337 e. The van der Waals surface area contributed by atoms with Crippen molar-refractivity contribution in [1.82, 2.24) is 4.90 Å². The van der Waals surface area contributed by atoms with Crippen LogP contribution in [0.2, 0.25) is 0 Å². The second kappa shape index (κ2) is 6.17. The lowest BCUT2D eigenvalue weighted by atomic mass is 9.86. The minimum atomic E-state index is -0.423.